The molecule has 1 N–H and O–H groups in total. The zero-order chi connectivity index (χ0) is 17.7. The Hall–Kier alpha value is -2.34. The molecule has 0 radical (unpaired) electrons. The summed E-state index contributed by atoms with van der Waals surface area (Å²) in [5.41, 5.74) is 1.64. The van der Waals surface area contributed by atoms with E-state index in [9.17, 15) is 9.59 Å². The largest absolute Gasteiger partial charge is 0.481 e. The van der Waals surface area contributed by atoms with Crippen molar-refractivity contribution in [3.8, 4) is 5.75 Å². The minimum atomic E-state index is -0.694. The summed E-state index contributed by atoms with van der Waals surface area (Å²) in [5.74, 6) is 0.264. The van der Waals surface area contributed by atoms with E-state index in [0.717, 1.165) is 0 Å². The Bertz CT molecular complexity index is 706. The Morgan fingerprint density at radius 3 is 2.33 bits per heavy atom. The fourth-order valence-corrected chi connectivity index (χ4v) is 2.85. The van der Waals surface area contributed by atoms with Crippen LogP contribution in [0.25, 0.3) is 0 Å². The van der Waals surface area contributed by atoms with Gasteiger partial charge in [0.15, 0.2) is 6.10 Å². The first-order valence-electron chi connectivity index (χ1n) is 7.65. The summed E-state index contributed by atoms with van der Waals surface area (Å²) in [6.07, 6.45) is -0.694. The van der Waals surface area contributed by atoms with Gasteiger partial charge in [-0.2, -0.15) is 0 Å². The fraction of sp³-hybridized carbons (Fsp3) is 0.333. The average molecular weight is 347 g/mol. The van der Waals surface area contributed by atoms with Crippen LogP contribution in [0.5, 0.6) is 5.75 Å². The van der Waals surface area contributed by atoms with E-state index in [1.54, 1.807) is 18.4 Å². The van der Waals surface area contributed by atoms with E-state index < -0.39 is 12.1 Å². The number of amides is 1. The molecule has 1 amide bonds. The van der Waals surface area contributed by atoms with Crippen molar-refractivity contribution in [3.63, 3.8) is 0 Å². The minimum Gasteiger partial charge on any atom is -0.481 e. The molecular formula is C18H21NO4S. The Kier molecular flexibility index (Phi) is 5.98. The molecule has 0 aliphatic heterocycles. The third-order valence-corrected chi connectivity index (χ3v) is 4.42. The number of hydrogen-bond acceptors (Lipinski definition) is 5. The number of carbonyl (C=O) groups excluding carboxylic acids is 2. The molecular weight excluding hydrogens is 326 g/mol. The van der Waals surface area contributed by atoms with Gasteiger partial charge >= 0.3 is 5.97 Å². The SMILES string of the molecule is COC(=O)c1sccc1NC(=O)C(C)Oc1ccc(C(C)C)cc1. The first-order chi connectivity index (χ1) is 11.4. The highest BCUT2D eigenvalue weighted by Gasteiger charge is 2.20. The maximum absolute atomic E-state index is 12.3. The van der Waals surface area contributed by atoms with Crippen molar-refractivity contribution >= 4 is 28.9 Å². The van der Waals surface area contributed by atoms with E-state index in [1.807, 2.05) is 24.3 Å². The molecule has 5 nitrogen and oxygen atoms in total. The van der Waals surface area contributed by atoms with Crippen LogP contribution in [-0.2, 0) is 9.53 Å². The molecule has 128 valence electrons. The van der Waals surface area contributed by atoms with E-state index >= 15 is 0 Å². The molecule has 1 atom stereocenters. The third kappa shape index (κ3) is 4.35. The van der Waals surface area contributed by atoms with Crippen LogP contribution in [0.1, 0.15) is 41.9 Å². The third-order valence-electron chi connectivity index (χ3n) is 3.52. The monoisotopic (exact) mass is 347 g/mol. The van der Waals surface area contributed by atoms with Crippen LogP contribution in [0.15, 0.2) is 35.7 Å². The molecule has 0 fully saturated rings. The lowest BCUT2D eigenvalue weighted by atomic mass is 10.0. The zero-order valence-electron chi connectivity index (χ0n) is 14.2. The number of rotatable bonds is 6. The summed E-state index contributed by atoms with van der Waals surface area (Å²) in [7, 11) is 1.31. The fourth-order valence-electron chi connectivity index (χ4n) is 2.08. The van der Waals surface area contributed by atoms with E-state index in [-0.39, 0.29) is 5.91 Å². The van der Waals surface area contributed by atoms with Gasteiger partial charge in [0.1, 0.15) is 10.6 Å². The highest BCUT2D eigenvalue weighted by Crippen LogP contribution is 2.24. The quantitative estimate of drug-likeness (QED) is 0.800. The minimum absolute atomic E-state index is 0.327. The summed E-state index contributed by atoms with van der Waals surface area (Å²) in [5, 5.41) is 4.42. The van der Waals surface area contributed by atoms with Gasteiger partial charge in [-0.3, -0.25) is 4.79 Å². The number of carbonyl (C=O) groups is 2. The van der Waals surface area contributed by atoms with Crippen molar-refractivity contribution in [1.29, 1.82) is 0 Å². The molecule has 6 heteroatoms. The van der Waals surface area contributed by atoms with Gasteiger partial charge < -0.3 is 14.8 Å². The van der Waals surface area contributed by atoms with Gasteiger partial charge in [0.05, 0.1) is 12.8 Å². The maximum Gasteiger partial charge on any atom is 0.350 e. The van der Waals surface area contributed by atoms with Crippen molar-refractivity contribution in [3.05, 3.63) is 46.2 Å². The number of anilines is 1. The van der Waals surface area contributed by atoms with Crippen LogP contribution in [0, 0.1) is 0 Å². The summed E-state index contributed by atoms with van der Waals surface area (Å²) < 4.78 is 10.4. The molecule has 24 heavy (non-hydrogen) atoms. The standard InChI is InChI=1S/C18H21NO4S/c1-11(2)13-5-7-14(8-6-13)23-12(3)17(20)19-15-9-10-24-16(15)18(21)22-4/h5-12H,1-4H3,(H,19,20). The predicted molar refractivity (Wildman–Crippen MR) is 94.9 cm³/mol. The molecule has 0 saturated heterocycles. The lowest BCUT2D eigenvalue weighted by Gasteiger charge is -2.15. The number of ether oxygens (including phenoxy) is 2. The molecule has 2 rings (SSSR count). The predicted octanol–water partition coefficient (Wildman–Crippen LogP) is 4.06. The summed E-state index contributed by atoms with van der Waals surface area (Å²) in [6, 6.07) is 9.34. The van der Waals surface area contributed by atoms with E-state index in [0.29, 0.717) is 22.2 Å². The molecule has 1 heterocycles. The maximum atomic E-state index is 12.3. The summed E-state index contributed by atoms with van der Waals surface area (Å²) in [6.45, 7) is 5.90. The molecule has 1 aromatic heterocycles. The van der Waals surface area contributed by atoms with Gasteiger partial charge in [0.25, 0.3) is 5.91 Å². The Morgan fingerprint density at radius 1 is 1.08 bits per heavy atom. The summed E-state index contributed by atoms with van der Waals surface area (Å²) >= 11 is 1.21. The van der Waals surface area contributed by atoms with Crippen molar-refractivity contribution in [2.75, 3.05) is 12.4 Å². The molecule has 0 aliphatic carbocycles. The van der Waals surface area contributed by atoms with Crippen LogP contribution in [-0.4, -0.2) is 25.1 Å². The van der Waals surface area contributed by atoms with Crippen molar-refractivity contribution in [2.24, 2.45) is 0 Å². The van der Waals surface area contributed by atoms with Crippen LogP contribution in [0.4, 0.5) is 5.69 Å². The zero-order valence-corrected chi connectivity index (χ0v) is 15.0. The highest BCUT2D eigenvalue weighted by atomic mass is 32.1. The molecule has 0 spiro atoms. The Morgan fingerprint density at radius 2 is 1.75 bits per heavy atom. The van der Waals surface area contributed by atoms with Crippen LogP contribution < -0.4 is 10.1 Å². The van der Waals surface area contributed by atoms with Crippen LogP contribution >= 0.6 is 11.3 Å². The van der Waals surface area contributed by atoms with E-state index in [2.05, 4.69) is 19.2 Å². The number of hydrogen-bond donors (Lipinski definition) is 1. The number of nitrogens with one attached hydrogen (secondary N) is 1. The smallest absolute Gasteiger partial charge is 0.350 e. The first kappa shape index (κ1) is 18.0. The number of methoxy groups -OCH3 is 1. The first-order valence-corrected chi connectivity index (χ1v) is 8.53. The van der Waals surface area contributed by atoms with Gasteiger partial charge in [0, 0.05) is 0 Å². The highest BCUT2D eigenvalue weighted by molar-refractivity contribution is 7.12. The Labute approximate surface area is 145 Å². The van der Waals surface area contributed by atoms with Gasteiger partial charge in [-0.15, -0.1) is 11.3 Å². The molecule has 0 bridgehead atoms. The van der Waals surface area contributed by atoms with E-state index in [4.69, 9.17) is 9.47 Å². The summed E-state index contributed by atoms with van der Waals surface area (Å²) in [4.78, 5) is 24.3. The van der Waals surface area contributed by atoms with Crippen molar-refractivity contribution in [2.45, 2.75) is 32.8 Å². The molecule has 0 aliphatic rings. The van der Waals surface area contributed by atoms with Gasteiger partial charge in [-0.25, -0.2) is 4.79 Å². The van der Waals surface area contributed by atoms with Crippen molar-refractivity contribution in [1.82, 2.24) is 0 Å². The normalized spacial score (nSPS) is 11.9. The molecule has 0 saturated carbocycles. The molecule has 1 unspecified atom stereocenters. The number of benzene rings is 1. The van der Waals surface area contributed by atoms with Crippen LogP contribution in [0.3, 0.4) is 0 Å². The lowest BCUT2D eigenvalue weighted by molar-refractivity contribution is -0.122. The van der Waals surface area contributed by atoms with Gasteiger partial charge in [-0.1, -0.05) is 26.0 Å². The van der Waals surface area contributed by atoms with Gasteiger partial charge in [-0.05, 0) is 42.0 Å². The number of thiophene rings is 1. The topological polar surface area (TPSA) is 64.6 Å². The van der Waals surface area contributed by atoms with Gasteiger partial charge in [0.2, 0.25) is 0 Å². The second-order valence-corrected chi connectivity index (χ2v) is 6.54. The Balaban J connectivity index is 2.00. The lowest BCUT2D eigenvalue weighted by Crippen LogP contribution is -2.30. The van der Waals surface area contributed by atoms with Crippen LogP contribution in [0.2, 0.25) is 0 Å². The molecule has 2 aromatic rings. The van der Waals surface area contributed by atoms with E-state index in [1.165, 1.54) is 24.0 Å². The second kappa shape index (κ2) is 7.97. The molecule has 1 aromatic carbocycles. The average Bonchev–Trinajstić information content (AvgIpc) is 3.02. The number of esters is 1. The second-order valence-electron chi connectivity index (χ2n) is 5.63. The van der Waals surface area contributed by atoms with Crippen molar-refractivity contribution < 1.29 is 19.1 Å².